The molecule has 0 aromatic rings. The first-order chi connectivity index (χ1) is 6.05. The highest BCUT2D eigenvalue weighted by atomic mass is 35.6. The lowest BCUT2D eigenvalue weighted by molar-refractivity contribution is -0.136. The van der Waals surface area contributed by atoms with Gasteiger partial charge in [0.15, 0.2) is 5.78 Å². The molecule has 6 nitrogen and oxygen atoms in total. The van der Waals surface area contributed by atoms with E-state index in [0.717, 1.165) is 0 Å². The third-order valence-corrected chi connectivity index (χ3v) is 3.45. The lowest BCUT2D eigenvalue weighted by Gasteiger charge is -2.25. The smallest absolute Gasteiger partial charge is 0.346 e. The number of hydrogen-bond donors (Lipinski definition) is 4. The van der Waals surface area contributed by atoms with Crippen LogP contribution in [-0.2, 0) is 9.36 Å². The van der Waals surface area contributed by atoms with E-state index in [9.17, 15) is 9.36 Å². The molecule has 0 radical (unpaired) electrons. The Balaban J connectivity index is 4.60. The molecule has 0 aromatic carbocycles. The summed E-state index contributed by atoms with van der Waals surface area (Å²) in [6.45, 7) is -0.719. The molecule has 0 aliphatic rings. The monoisotopic (exact) mass is 285 g/mol. The summed E-state index contributed by atoms with van der Waals surface area (Å²) in [4.78, 5) is 27.6. The number of carbonyl (C=O) groups is 1. The zero-order chi connectivity index (χ0) is 11.6. The van der Waals surface area contributed by atoms with Crippen molar-refractivity contribution in [3.8, 4) is 0 Å². The van der Waals surface area contributed by atoms with E-state index < -0.39 is 29.7 Å². The molecule has 0 saturated heterocycles. The molecule has 0 spiro atoms. The molecule has 0 bridgehead atoms. The van der Waals surface area contributed by atoms with Crippen LogP contribution < -0.4 is 5.32 Å². The highest BCUT2D eigenvalue weighted by Gasteiger charge is 2.44. The van der Waals surface area contributed by atoms with Gasteiger partial charge in [-0.2, -0.15) is 0 Å². The predicted octanol–water partition coefficient (Wildman–Crippen LogP) is 0.535. The first-order valence-corrected chi connectivity index (χ1v) is 5.94. The second-order valence-corrected chi connectivity index (χ2v) is 6.37. The summed E-state index contributed by atoms with van der Waals surface area (Å²) in [7, 11) is -4.72. The Morgan fingerprint density at radius 2 is 1.86 bits per heavy atom. The number of carboxylic acids is 1. The van der Waals surface area contributed by atoms with E-state index in [0.29, 0.717) is 0 Å². The van der Waals surface area contributed by atoms with Crippen LogP contribution in [0.5, 0.6) is 0 Å². The molecule has 4 N–H and O–H groups in total. The molecule has 0 heterocycles. The van der Waals surface area contributed by atoms with Gasteiger partial charge in [0, 0.05) is 0 Å². The maximum atomic E-state index is 10.8. The topological polar surface area (TPSA) is 107 Å². The fourth-order valence-electron chi connectivity index (χ4n) is 0.609. The second-order valence-electron chi connectivity index (χ2n) is 2.31. The fourth-order valence-corrected chi connectivity index (χ4v) is 2.70. The highest BCUT2D eigenvalue weighted by Crippen LogP contribution is 2.50. The van der Waals surface area contributed by atoms with E-state index in [4.69, 9.17) is 49.7 Å². The van der Waals surface area contributed by atoms with Crippen LogP contribution in [0.15, 0.2) is 0 Å². The molecule has 0 aliphatic heterocycles. The van der Waals surface area contributed by atoms with Gasteiger partial charge in [-0.05, 0) is 0 Å². The number of carboxylic acid groups (broad SMARTS) is 1. The molecule has 0 aliphatic carbocycles. The Hall–Kier alpha value is 0.450. The first-order valence-electron chi connectivity index (χ1n) is 3.12. The van der Waals surface area contributed by atoms with E-state index in [1.807, 2.05) is 5.32 Å². The Morgan fingerprint density at radius 3 is 2.07 bits per heavy atom. The molecule has 84 valence electrons. The summed E-state index contributed by atoms with van der Waals surface area (Å²) >= 11 is 15.8. The Labute approximate surface area is 94.3 Å². The normalized spacial score (nSPS) is 15.2. The zero-order valence-corrected chi connectivity index (χ0v) is 9.69. The lowest BCUT2D eigenvalue weighted by Crippen LogP contribution is -2.42. The SMILES string of the molecule is O=C(O)CNC(C(Cl)(Cl)Cl)P(=O)(O)O. The largest absolute Gasteiger partial charge is 0.480 e. The van der Waals surface area contributed by atoms with Crippen molar-refractivity contribution in [3.63, 3.8) is 0 Å². The summed E-state index contributed by atoms with van der Waals surface area (Å²) in [6, 6.07) is 0. The Bertz CT molecular complexity index is 260. The third kappa shape index (κ3) is 5.36. The predicted molar refractivity (Wildman–Crippen MR) is 51.8 cm³/mol. The molecule has 0 fully saturated rings. The minimum Gasteiger partial charge on any atom is -0.480 e. The van der Waals surface area contributed by atoms with Crippen LogP contribution in [0.2, 0.25) is 0 Å². The van der Waals surface area contributed by atoms with Crippen LogP contribution >= 0.6 is 42.4 Å². The van der Waals surface area contributed by atoms with E-state index >= 15 is 0 Å². The first kappa shape index (κ1) is 14.5. The molecule has 0 saturated carbocycles. The summed E-state index contributed by atoms with van der Waals surface area (Å²) in [6.07, 6.45) is 0. The van der Waals surface area contributed by atoms with Crippen molar-refractivity contribution in [1.82, 2.24) is 5.32 Å². The van der Waals surface area contributed by atoms with E-state index in [-0.39, 0.29) is 0 Å². The van der Waals surface area contributed by atoms with Gasteiger partial charge in [-0.25, -0.2) is 0 Å². The molecule has 0 aromatic heterocycles. The Kier molecular flexibility index (Phi) is 5.15. The molecule has 10 heteroatoms. The van der Waals surface area contributed by atoms with Gasteiger partial charge in [-0.15, -0.1) is 0 Å². The summed E-state index contributed by atoms with van der Waals surface area (Å²) in [5, 5.41) is 10.2. The van der Waals surface area contributed by atoms with E-state index in [1.165, 1.54) is 0 Å². The van der Waals surface area contributed by atoms with Crippen molar-refractivity contribution in [2.24, 2.45) is 0 Å². The maximum Gasteiger partial charge on any atom is 0.346 e. The van der Waals surface area contributed by atoms with Crippen molar-refractivity contribution in [2.45, 2.75) is 9.58 Å². The molecule has 1 unspecified atom stereocenters. The molecule has 0 amide bonds. The number of halogens is 3. The number of aliphatic carboxylic acids is 1. The van der Waals surface area contributed by atoms with Gasteiger partial charge in [0.05, 0.1) is 6.54 Å². The van der Waals surface area contributed by atoms with Crippen molar-refractivity contribution in [1.29, 1.82) is 0 Å². The third-order valence-electron chi connectivity index (χ3n) is 1.09. The highest BCUT2D eigenvalue weighted by molar-refractivity contribution is 7.53. The molecule has 14 heavy (non-hydrogen) atoms. The second kappa shape index (κ2) is 4.99. The molecule has 0 rings (SSSR count). The average Bonchev–Trinajstić information content (AvgIpc) is 1.78. The molecular formula is C4H7Cl3NO5P. The number of alkyl halides is 3. The standard InChI is InChI=1S/C4H7Cl3NO5P/c5-4(6,7)3(14(11,12)13)8-1-2(9)10/h3,8H,1H2,(H,9,10)(H2,11,12,13). The maximum absolute atomic E-state index is 10.8. The number of rotatable bonds is 4. The van der Waals surface area contributed by atoms with Gasteiger partial charge in [-0.3, -0.25) is 14.7 Å². The summed E-state index contributed by atoms with van der Waals surface area (Å²) in [5.74, 6) is -3.17. The van der Waals surface area contributed by atoms with Gasteiger partial charge in [0.1, 0.15) is 0 Å². The van der Waals surface area contributed by atoms with Crippen molar-refractivity contribution >= 4 is 48.4 Å². The fraction of sp³-hybridized carbons (Fsp3) is 0.750. The van der Waals surface area contributed by atoms with Gasteiger partial charge in [-0.1, -0.05) is 34.8 Å². The van der Waals surface area contributed by atoms with Crippen LogP contribution in [0.3, 0.4) is 0 Å². The van der Waals surface area contributed by atoms with Crippen LogP contribution in [0.4, 0.5) is 0 Å². The summed E-state index contributed by atoms with van der Waals surface area (Å²) < 4.78 is 8.49. The average molecular weight is 286 g/mol. The van der Waals surface area contributed by atoms with Crippen LogP contribution in [0.25, 0.3) is 0 Å². The Morgan fingerprint density at radius 1 is 1.43 bits per heavy atom. The van der Waals surface area contributed by atoms with Gasteiger partial charge >= 0.3 is 13.6 Å². The minimum absolute atomic E-state index is 0.719. The zero-order valence-electron chi connectivity index (χ0n) is 6.52. The van der Waals surface area contributed by atoms with Crippen molar-refractivity contribution in [3.05, 3.63) is 0 Å². The van der Waals surface area contributed by atoms with Crippen LogP contribution in [0, 0.1) is 0 Å². The summed E-state index contributed by atoms with van der Waals surface area (Å²) in [5.41, 5.74) is 0. The quantitative estimate of drug-likeness (QED) is 0.444. The van der Waals surface area contributed by atoms with E-state index in [1.54, 1.807) is 0 Å². The molecular weight excluding hydrogens is 279 g/mol. The molecule has 1 atom stereocenters. The van der Waals surface area contributed by atoms with Gasteiger partial charge in [0.2, 0.25) is 3.79 Å². The van der Waals surface area contributed by atoms with Gasteiger partial charge < -0.3 is 14.9 Å². The van der Waals surface area contributed by atoms with Crippen LogP contribution in [-0.4, -0.2) is 37.0 Å². The van der Waals surface area contributed by atoms with Gasteiger partial charge in [0.25, 0.3) is 0 Å². The van der Waals surface area contributed by atoms with E-state index in [2.05, 4.69) is 0 Å². The van der Waals surface area contributed by atoms with Crippen LogP contribution in [0.1, 0.15) is 0 Å². The number of hydrogen-bond acceptors (Lipinski definition) is 3. The van der Waals surface area contributed by atoms with Crippen molar-refractivity contribution < 1.29 is 24.3 Å². The minimum atomic E-state index is -4.72. The van der Waals surface area contributed by atoms with Crippen molar-refractivity contribution in [2.75, 3.05) is 6.54 Å². The number of nitrogens with one attached hydrogen (secondary N) is 1. The lowest BCUT2D eigenvalue weighted by atomic mass is 10.6.